The first kappa shape index (κ1) is 25.8. The Morgan fingerprint density at radius 2 is 1.78 bits per heavy atom. The Kier molecular flexibility index (Phi) is 8.64. The largest absolute Gasteiger partial charge is 0.467 e. The Morgan fingerprint density at radius 1 is 1.00 bits per heavy atom. The third-order valence-electron chi connectivity index (χ3n) is 6.76. The van der Waals surface area contributed by atoms with Crippen molar-refractivity contribution in [2.75, 3.05) is 13.1 Å². The van der Waals surface area contributed by atoms with Crippen LogP contribution in [0.2, 0.25) is 5.02 Å². The maximum absolute atomic E-state index is 13.3. The minimum Gasteiger partial charge on any atom is -0.467 e. The summed E-state index contributed by atoms with van der Waals surface area (Å²) < 4.78 is 5.20. The number of nitrogens with zero attached hydrogens (tertiary/aromatic N) is 2. The molecular formula is C26H31ClN4O5. The molecule has 4 rings (SSSR count). The van der Waals surface area contributed by atoms with Crippen LogP contribution in [0.4, 0.5) is 4.79 Å². The molecule has 0 radical (unpaired) electrons. The van der Waals surface area contributed by atoms with Crippen LogP contribution in [0.25, 0.3) is 0 Å². The Hall–Kier alpha value is -3.33. The summed E-state index contributed by atoms with van der Waals surface area (Å²) in [4.78, 5) is 54.2. The summed E-state index contributed by atoms with van der Waals surface area (Å²) in [5.41, 5.74) is 0.787. The zero-order chi connectivity index (χ0) is 25.5. The number of halogens is 1. The van der Waals surface area contributed by atoms with Gasteiger partial charge in [0.1, 0.15) is 12.3 Å². The van der Waals surface area contributed by atoms with E-state index in [0.717, 1.165) is 18.4 Å². The standard InChI is InChI=1S/C26H31ClN4O5/c27-21-10-3-1-7-18(21)15-28-24(33)17-31-22-11-4-2-9-20(22)25(34)30(26(31)35)13-5-12-23(32)29-16-19-8-6-14-36-19/h1,3,6-8,10,14,20,22H,2,4-5,9,11-13,15-17H2,(H,28,33)(H,29,32). The number of rotatable bonds is 10. The average Bonchev–Trinajstić information content (AvgIpc) is 3.41. The van der Waals surface area contributed by atoms with Gasteiger partial charge in [0.2, 0.25) is 17.7 Å². The topological polar surface area (TPSA) is 112 Å². The normalized spacial score (nSPS) is 19.7. The minimum atomic E-state index is -0.466. The lowest BCUT2D eigenvalue weighted by Crippen LogP contribution is -2.64. The molecule has 1 saturated carbocycles. The highest BCUT2D eigenvalue weighted by atomic mass is 35.5. The molecule has 9 nitrogen and oxygen atoms in total. The van der Waals surface area contributed by atoms with Crippen molar-refractivity contribution in [1.82, 2.24) is 20.4 Å². The molecule has 2 heterocycles. The number of amides is 5. The van der Waals surface area contributed by atoms with E-state index in [4.69, 9.17) is 16.0 Å². The fourth-order valence-electron chi connectivity index (χ4n) is 4.89. The van der Waals surface area contributed by atoms with Crippen LogP contribution in [0.1, 0.15) is 49.8 Å². The molecule has 1 saturated heterocycles. The molecule has 2 aromatic rings. The average molecular weight is 515 g/mol. The smallest absolute Gasteiger partial charge is 0.327 e. The molecule has 5 amide bonds. The molecule has 2 fully saturated rings. The van der Waals surface area contributed by atoms with Crippen molar-refractivity contribution in [3.63, 3.8) is 0 Å². The number of hydrogen-bond donors (Lipinski definition) is 2. The van der Waals surface area contributed by atoms with Crippen molar-refractivity contribution < 1.29 is 23.6 Å². The Bertz CT molecular complexity index is 1090. The number of fused-ring (bicyclic) bond motifs is 1. The number of furan rings is 1. The van der Waals surface area contributed by atoms with Gasteiger partial charge in [0, 0.05) is 30.6 Å². The summed E-state index contributed by atoms with van der Waals surface area (Å²) in [5.74, 6) is -0.362. The number of hydrogen-bond acceptors (Lipinski definition) is 5. The number of urea groups is 1. The lowest BCUT2D eigenvalue weighted by Gasteiger charge is -2.46. The molecular weight excluding hydrogens is 484 g/mol. The van der Waals surface area contributed by atoms with Crippen LogP contribution in [-0.2, 0) is 27.5 Å². The van der Waals surface area contributed by atoms with Gasteiger partial charge in [0.15, 0.2) is 0 Å². The molecule has 2 aliphatic rings. The monoisotopic (exact) mass is 514 g/mol. The van der Waals surface area contributed by atoms with E-state index in [1.807, 2.05) is 18.2 Å². The highest BCUT2D eigenvalue weighted by molar-refractivity contribution is 6.31. The quantitative estimate of drug-likeness (QED) is 0.504. The zero-order valence-corrected chi connectivity index (χ0v) is 20.8. The first-order valence-electron chi connectivity index (χ1n) is 12.3. The second-order valence-corrected chi connectivity index (χ2v) is 9.59. The number of carbonyl (C=O) groups is 4. The van der Waals surface area contributed by atoms with Crippen molar-refractivity contribution >= 4 is 35.4 Å². The maximum Gasteiger partial charge on any atom is 0.327 e. The molecule has 2 unspecified atom stereocenters. The molecule has 1 aliphatic heterocycles. The number of carbonyl (C=O) groups excluding carboxylic acids is 4. The van der Waals surface area contributed by atoms with E-state index in [9.17, 15) is 19.2 Å². The fourth-order valence-corrected chi connectivity index (χ4v) is 5.09. The van der Waals surface area contributed by atoms with Gasteiger partial charge in [-0.15, -0.1) is 0 Å². The van der Waals surface area contributed by atoms with Crippen LogP contribution in [0.5, 0.6) is 0 Å². The van der Waals surface area contributed by atoms with Crippen molar-refractivity contribution in [1.29, 1.82) is 0 Å². The minimum absolute atomic E-state index is 0.127. The van der Waals surface area contributed by atoms with Crippen molar-refractivity contribution in [2.24, 2.45) is 5.92 Å². The van der Waals surface area contributed by atoms with Gasteiger partial charge in [-0.05, 0) is 43.0 Å². The van der Waals surface area contributed by atoms with E-state index in [1.165, 1.54) is 16.1 Å². The van der Waals surface area contributed by atoms with Gasteiger partial charge in [0.25, 0.3) is 0 Å². The maximum atomic E-state index is 13.3. The zero-order valence-electron chi connectivity index (χ0n) is 20.1. The molecule has 36 heavy (non-hydrogen) atoms. The fraction of sp³-hybridized carbons (Fsp3) is 0.462. The highest BCUT2D eigenvalue weighted by Gasteiger charge is 2.47. The van der Waals surface area contributed by atoms with Crippen molar-refractivity contribution in [3.05, 3.63) is 59.0 Å². The van der Waals surface area contributed by atoms with E-state index in [-0.39, 0.29) is 62.3 Å². The molecule has 1 aliphatic carbocycles. The van der Waals surface area contributed by atoms with Crippen LogP contribution < -0.4 is 10.6 Å². The predicted octanol–water partition coefficient (Wildman–Crippen LogP) is 3.47. The van der Waals surface area contributed by atoms with E-state index in [0.29, 0.717) is 30.0 Å². The lowest BCUT2D eigenvalue weighted by molar-refractivity contribution is -0.142. The Morgan fingerprint density at radius 3 is 2.56 bits per heavy atom. The molecule has 0 bridgehead atoms. The number of nitrogens with one attached hydrogen (secondary N) is 2. The summed E-state index contributed by atoms with van der Waals surface area (Å²) in [7, 11) is 0. The van der Waals surface area contributed by atoms with Gasteiger partial charge in [0.05, 0.1) is 18.7 Å². The van der Waals surface area contributed by atoms with E-state index >= 15 is 0 Å². The van der Waals surface area contributed by atoms with Crippen molar-refractivity contribution in [3.8, 4) is 0 Å². The van der Waals surface area contributed by atoms with Gasteiger partial charge < -0.3 is 20.0 Å². The summed E-state index contributed by atoms with van der Waals surface area (Å²) in [5, 5.41) is 6.15. The van der Waals surface area contributed by atoms with Gasteiger partial charge in [-0.1, -0.05) is 42.6 Å². The van der Waals surface area contributed by atoms with Gasteiger partial charge >= 0.3 is 6.03 Å². The lowest BCUT2D eigenvalue weighted by atomic mass is 9.81. The van der Waals surface area contributed by atoms with E-state index in [2.05, 4.69) is 10.6 Å². The molecule has 1 aromatic carbocycles. The van der Waals surface area contributed by atoms with Crippen LogP contribution in [0.15, 0.2) is 47.1 Å². The summed E-state index contributed by atoms with van der Waals surface area (Å²) >= 11 is 6.17. The van der Waals surface area contributed by atoms with Crippen molar-refractivity contribution in [2.45, 2.75) is 57.7 Å². The first-order valence-corrected chi connectivity index (χ1v) is 12.7. The summed E-state index contributed by atoms with van der Waals surface area (Å²) in [6.07, 6.45) is 5.26. The molecule has 192 valence electrons. The predicted molar refractivity (Wildman–Crippen MR) is 133 cm³/mol. The third-order valence-corrected chi connectivity index (χ3v) is 7.13. The van der Waals surface area contributed by atoms with E-state index < -0.39 is 6.03 Å². The summed E-state index contributed by atoms with van der Waals surface area (Å²) in [6, 6.07) is 10.0. The number of benzene rings is 1. The molecule has 1 aromatic heterocycles. The molecule has 0 spiro atoms. The summed E-state index contributed by atoms with van der Waals surface area (Å²) in [6.45, 7) is 0.545. The SMILES string of the molecule is O=C(CCCN1C(=O)C2CCCCC2N(CC(=O)NCc2ccccc2Cl)C1=O)NCc1ccco1. The third kappa shape index (κ3) is 6.26. The second kappa shape index (κ2) is 12.1. The van der Waals surface area contributed by atoms with Gasteiger partial charge in [-0.25, -0.2) is 4.79 Å². The van der Waals surface area contributed by atoms with Crippen LogP contribution in [0.3, 0.4) is 0 Å². The van der Waals surface area contributed by atoms with Crippen LogP contribution in [0, 0.1) is 5.92 Å². The molecule has 10 heteroatoms. The van der Waals surface area contributed by atoms with Crippen LogP contribution >= 0.6 is 11.6 Å². The molecule has 2 N–H and O–H groups in total. The van der Waals surface area contributed by atoms with Crippen LogP contribution in [-0.4, -0.2) is 52.7 Å². The number of imide groups is 1. The first-order chi connectivity index (χ1) is 17.4. The second-order valence-electron chi connectivity index (χ2n) is 9.19. The van der Waals surface area contributed by atoms with Gasteiger partial charge in [-0.2, -0.15) is 0 Å². The molecule has 2 atom stereocenters. The van der Waals surface area contributed by atoms with Gasteiger partial charge in [-0.3, -0.25) is 19.3 Å². The highest BCUT2D eigenvalue weighted by Crippen LogP contribution is 2.34. The Labute approximate surface area is 215 Å². The van der Waals surface area contributed by atoms with E-state index in [1.54, 1.807) is 18.2 Å². The Balaban J connectivity index is 1.33.